The van der Waals surface area contributed by atoms with Crippen molar-refractivity contribution >= 4 is 12.0 Å². The van der Waals surface area contributed by atoms with Gasteiger partial charge in [-0.1, -0.05) is 13.8 Å². The fourth-order valence-electron chi connectivity index (χ4n) is 2.01. The van der Waals surface area contributed by atoms with E-state index in [4.69, 9.17) is 10.4 Å². The second kappa shape index (κ2) is 5.47. The molecule has 2 amide bonds. The number of nitrogens with zero attached hydrogens (tertiary/aromatic N) is 2. The van der Waals surface area contributed by atoms with E-state index in [2.05, 4.69) is 11.4 Å². The van der Waals surface area contributed by atoms with E-state index in [0.29, 0.717) is 25.9 Å². The van der Waals surface area contributed by atoms with Gasteiger partial charge >= 0.3 is 12.0 Å². The minimum atomic E-state index is -0.868. The molecule has 0 aromatic carbocycles. The highest BCUT2D eigenvalue weighted by atomic mass is 16.4. The number of nitrogens with one attached hydrogen (secondary N) is 1. The molecule has 0 radical (unpaired) electrons. The molecular weight excluding hydrogens is 246 g/mol. The molecule has 0 spiro atoms. The minimum absolute atomic E-state index is 0.229. The van der Waals surface area contributed by atoms with Crippen LogP contribution in [-0.2, 0) is 4.79 Å². The van der Waals surface area contributed by atoms with E-state index in [0.717, 1.165) is 0 Å². The molecule has 1 aliphatic rings. The van der Waals surface area contributed by atoms with E-state index in [-0.39, 0.29) is 18.0 Å². The maximum atomic E-state index is 11.9. The van der Waals surface area contributed by atoms with Crippen LogP contribution in [0.2, 0.25) is 0 Å². The second-order valence-electron chi connectivity index (χ2n) is 6.20. The third kappa shape index (κ3) is 3.85. The molecule has 0 aromatic heterocycles. The van der Waals surface area contributed by atoms with Crippen molar-refractivity contribution in [3.05, 3.63) is 0 Å². The predicted octanol–water partition coefficient (Wildman–Crippen LogP) is 1.43. The molecule has 1 heterocycles. The van der Waals surface area contributed by atoms with E-state index >= 15 is 0 Å². The van der Waals surface area contributed by atoms with Crippen LogP contribution in [0.4, 0.5) is 4.79 Å². The van der Waals surface area contributed by atoms with Gasteiger partial charge in [-0.25, -0.2) is 4.79 Å². The van der Waals surface area contributed by atoms with Crippen LogP contribution >= 0.6 is 0 Å². The van der Waals surface area contributed by atoms with Crippen molar-refractivity contribution in [2.45, 2.75) is 33.6 Å². The van der Waals surface area contributed by atoms with Crippen molar-refractivity contribution in [3.63, 3.8) is 0 Å². The summed E-state index contributed by atoms with van der Waals surface area (Å²) < 4.78 is 0. The van der Waals surface area contributed by atoms with Crippen LogP contribution < -0.4 is 5.32 Å². The topological polar surface area (TPSA) is 93.4 Å². The van der Waals surface area contributed by atoms with Crippen molar-refractivity contribution < 1.29 is 14.7 Å². The second-order valence-corrected chi connectivity index (χ2v) is 6.20. The first-order valence-corrected chi connectivity index (χ1v) is 6.33. The number of amides is 2. The lowest BCUT2D eigenvalue weighted by Crippen LogP contribution is -2.44. The number of likely N-dealkylation sites (tertiary alicyclic amines) is 1. The summed E-state index contributed by atoms with van der Waals surface area (Å²) in [4.78, 5) is 24.6. The highest BCUT2D eigenvalue weighted by molar-refractivity contribution is 5.79. The first-order chi connectivity index (χ1) is 8.70. The molecule has 1 atom stereocenters. The van der Waals surface area contributed by atoms with Gasteiger partial charge in [0.1, 0.15) is 0 Å². The number of carboxylic acids is 1. The van der Waals surface area contributed by atoms with Crippen molar-refractivity contribution in [2.75, 3.05) is 19.6 Å². The van der Waals surface area contributed by atoms with Crippen LogP contribution in [0.15, 0.2) is 0 Å². The van der Waals surface area contributed by atoms with E-state index in [1.165, 1.54) is 4.90 Å². The Labute approximate surface area is 113 Å². The smallest absolute Gasteiger partial charge is 0.317 e. The summed E-state index contributed by atoms with van der Waals surface area (Å²) in [6.45, 7) is 6.55. The molecule has 106 valence electrons. The quantitative estimate of drug-likeness (QED) is 0.805. The van der Waals surface area contributed by atoms with Gasteiger partial charge in [0.05, 0.1) is 11.5 Å². The van der Waals surface area contributed by atoms with Gasteiger partial charge in [-0.15, -0.1) is 0 Å². The lowest BCUT2D eigenvalue weighted by molar-refractivity contribution is -0.147. The van der Waals surface area contributed by atoms with Gasteiger partial charge in [-0.2, -0.15) is 5.26 Å². The number of carbonyl (C=O) groups is 2. The zero-order valence-corrected chi connectivity index (χ0v) is 11.7. The number of nitriles is 1. The number of urea groups is 1. The monoisotopic (exact) mass is 267 g/mol. The summed E-state index contributed by atoms with van der Waals surface area (Å²) in [5, 5.41) is 20.5. The number of rotatable bonds is 4. The van der Waals surface area contributed by atoms with Gasteiger partial charge < -0.3 is 15.3 Å². The van der Waals surface area contributed by atoms with E-state index < -0.39 is 11.4 Å². The van der Waals surface area contributed by atoms with E-state index in [1.807, 2.05) is 13.8 Å². The maximum absolute atomic E-state index is 11.9. The first-order valence-electron chi connectivity index (χ1n) is 6.33. The summed E-state index contributed by atoms with van der Waals surface area (Å²) in [5.74, 6) is -0.868. The normalized spacial score (nSPS) is 22.9. The van der Waals surface area contributed by atoms with Crippen molar-refractivity contribution in [1.82, 2.24) is 10.2 Å². The first kappa shape index (κ1) is 15.3. The highest BCUT2D eigenvalue weighted by Crippen LogP contribution is 2.30. The number of carboxylic acid groups (broad SMARTS) is 1. The number of carbonyl (C=O) groups excluding carboxylic acids is 1. The summed E-state index contributed by atoms with van der Waals surface area (Å²) in [6.07, 6.45) is 0.831. The Balaban J connectivity index is 2.49. The van der Waals surface area contributed by atoms with Gasteiger partial charge in [-0.3, -0.25) is 4.79 Å². The third-order valence-electron chi connectivity index (χ3n) is 3.55. The third-order valence-corrected chi connectivity index (χ3v) is 3.55. The Bertz CT molecular complexity index is 414. The van der Waals surface area contributed by atoms with Crippen LogP contribution in [-0.4, -0.2) is 41.6 Å². The van der Waals surface area contributed by atoms with Crippen molar-refractivity contribution in [2.24, 2.45) is 10.8 Å². The van der Waals surface area contributed by atoms with E-state index in [1.54, 1.807) is 6.92 Å². The largest absolute Gasteiger partial charge is 0.481 e. The Kier molecular flexibility index (Phi) is 4.40. The van der Waals surface area contributed by atoms with Gasteiger partial charge in [0.2, 0.25) is 0 Å². The average Bonchev–Trinajstić information content (AvgIpc) is 2.70. The van der Waals surface area contributed by atoms with Crippen LogP contribution in [0.1, 0.15) is 33.6 Å². The molecule has 6 heteroatoms. The zero-order chi connectivity index (χ0) is 14.7. The summed E-state index contributed by atoms with van der Waals surface area (Å²) >= 11 is 0. The zero-order valence-electron chi connectivity index (χ0n) is 11.7. The van der Waals surface area contributed by atoms with Crippen LogP contribution in [0, 0.1) is 22.2 Å². The molecule has 6 nitrogen and oxygen atoms in total. The SMILES string of the molecule is CC(C)(CC#N)CNC(=O)N1CCC(C)(C(=O)O)C1. The van der Waals surface area contributed by atoms with Gasteiger partial charge in [-0.05, 0) is 18.8 Å². The Morgan fingerprint density at radius 2 is 2.16 bits per heavy atom. The lowest BCUT2D eigenvalue weighted by atomic mass is 9.90. The fraction of sp³-hybridized carbons (Fsp3) is 0.769. The van der Waals surface area contributed by atoms with Crippen LogP contribution in [0.5, 0.6) is 0 Å². The number of hydrogen-bond acceptors (Lipinski definition) is 3. The Morgan fingerprint density at radius 1 is 1.53 bits per heavy atom. The molecule has 1 saturated heterocycles. The molecule has 0 bridgehead atoms. The number of hydrogen-bond donors (Lipinski definition) is 2. The summed E-state index contributed by atoms with van der Waals surface area (Å²) in [6, 6.07) is 1.83. The minimum Gasteiger partial charge on any atom is -0.481 e. The van der Waals surface area contributed by atoms with Crippen LogP contribution in [0.25, 0.3) is 0 Å². The standard InChI is InChI=1S/C13H21N3O3/c1-12(2,4-6-14)8-15-11(19)16-7-5-13(3,9-16)10(17)18/h4-5,7-9H2,1-3H3,(H,15,19)(H,17,18). The molecule has 1 aliphatic heterocycles. The van der Waals surface area contributed by atoms with Gasteiger partial charge in [0.15, 0.2) is 0 Å². The predicted molar refractivity (Wildman–Crippen MR) is 69.3 cm³/mol. The van der Waals surface area contributed by atoms with Crippen molar-refractivity contribution in [1.29, 1.82) is 5.26 Å². The van der Waals surface area contributed by atoms with Gasteiger partial charge in [0, 0.05) is 26.1 Å². The van der Waals surface area contributed by atoms with Gasteiger partial charge in [0.25, 0.3) is 0 Å². The Hall–Kier alpha value is -1.77. The molecule has 19 heavy (non-hydrogen) atoms. The van der Waals surface area contributed by atoms with E-state index in [9.17, 15) is 9.59 Å². The van der Waals surface area contributed by atoms with Crippen LogP contribution in [0.3, 0.4) is 0 Å². The molecule has 2 N–H and O–H groups in total. The lowest BCUT2D eigenvalue weighted by Gasteiger charge is -2.25. The molecular formula is C13H21N3O3. The molecule has 1 unspecified atom stereocenters. The summed E-state index contributed by atoms with van der Waals surface area (Å²) in [7, 11) is 0. The van der Waals surface area contributed by atoms with Crippen molar-refractivity contribution in [3.8, 4) is 6.07 Å². The maximum Gasteiger partial charge on any atom is 0.317 e. The molecule has 0 saturated carbocycles. The average molecular weight is 267 g/mol. The number of aliphatic carboxylic acids is 1. The fourth-order valence-corrected chi connectivity index (χ4v) is 2.01. The molecule has 0 aliphatic carbocycles. The Morgan fingerprint density at radius 3 is 2.63 bits per heavy atom. The summed E-state index contributed by atoms with van der Waals surface area (Å²) in [5.41, 5.74) is -1.13. The highest BCUT2D eigenvalue weighted by Gasteiger charge is 2.42. The molecule has 1 rings (SSSR count). The molecule has 0 aromatic rings. The molecule has 1 fully saturated rings.